The maximum Gasteiger partial charge on any atom is 0.189 e. The fraction of sp³-hybridized carbons (Fsp3) is 0.364. The van der Waals surface area contributed by atoms with Gasteiger partial charge in [-0.1, -0.05) is 12.1 Å². The third-order valence-electron chi connectivity index (χ3n) is 2.45. The van der Waals surface area contributed by atoms with E-state index in [1.165, 1.54) is 0 Å². The molecule has 0 radical (unpaired) electrons. The molecule has 1 aromatic rings. The van der Waals surface area contributed by atoms with Crippen molar-refractivity contribution in [3.05, 3.63) is 24.2 Å². The zero-order valence-corrected chi connectivity index (χ0v) is 8.19. The predicted molar refractivity (Wildman–Crippen MR) is 56.7 cm³/mol. The summed E-state index contributed by atoms with van der Waals surface area (Å²) in [7, 11) is 0. The second-order valence-corrected chi connectivity index (χ2v) is 3.48. The Kier molecular flexibility index (Phi) is 1.74. The van der Waals surface area contributed by atoms with Crippen LogP contribution in [0.2, 0.25) is 0 Å². The zero-order valence-electron chi connectivity index (χ0n) is 9.19. The van der Waals surface area contributed by atoms with Crippen molar-refractivity contribution in [2.45, 2.75) is 6.10 Å². The predicted octanol–water partition coefficient (Wildman–Crippen LogP) is 0.828. The van der Waals surface area contributed by atoms with E-state index in [2.05, 4.69) is 10.3 Å². The van der Waals surface area contributed by atoms with Crippen molar-refractivity contribution < 1.29 is 10.8 Å². The normalized spacial score (nSPS) is 24.1. The highest BCUT2D eigenvalue weighted by Crippen LogP contribution is 2.31. The molecule has 4 heteroatoms. The Labute approximate surface area is 89.3 Å². The summed E-state index contributed by atoms with van der Waals surface area (Å²) < 4.78 is 18.8. The van der Waals surface area contributed by atoms with E-state index in [1.807, 2.05) is 0 Å². The molecule has 1 aromatic carbocycles. The summed E-state index contributed by atoms with van der Waals surface area (Å²) >= 11 is 0. The summed E-state index contributed by atoms with van der Waals surface area (Å²) in [4.78, 5) is 4.31. The van der Waals surface area contributed by atoms with Gasteiger partial charge in [0.1, 0.15) is 12.4 Å². The molecule has 0 aromatic heterocycles. The van der Waals surface area contributed by atoms with Gasteiger partial charge in [0.25, 0.3) is 0 Å². The molecule has 4 nitrogen and oxygen atoms in total. The highest BCUT2D eigenvalue weighted by molar-refractivity contribution is 5.88. The molecule has 2 heterocycles. The lowest BCUT2D eigenvalue weighted by Crippen LogP contribution is -2.42. The van der Waals surface area contributed by atoms with Crippen LogP contribution in [-0.2, 0) is 0 Å². The number of fused-ring (bicyclic) bond motifs is 1. The minimum absolute atomic E-state index is 0.147. The number of nitrogens with one attached hydrogen (secondary N) is 1. The SMILES string of the molecule is [2H]c1ccc2c(c1)OC[C@@H](C1=NCCN1)O2. The van der Waals surface area contributed by atoms with E-state index >= 15 is 0 Å². The van der Waals surface area contributed by atoms with E-state index in [0.29, 0.717) is 24.1 Å². The molecular weight excluding hydrogens is 192 g/mol. The van der Waals surface area contributed by atoms with Crippen LogP contribution in [0.1, 0.15) is 1.37 Å². The molecule has 0 aliphatic carbocycles. The molecule has 0 saturated carbocycles. The second kappa shape index (κ2) is 3.46. The molecule has 2 aliphatic heterocycles. The lowest BCUT2D eigenvalue weighted by Gasteiger charge is -2.26. The lowest BCUT2D eigenvalue weighted by atomic mass is 10.2. The van der Waals surface area contributed by atoms with Crippen molar-refractivity contribution in [3.8, 4) is 11.5 Å². The van der Waals surface area contributed by atoms with Gasteiger partial charge in [-0.15, -0.1) is 0 Å². The maximum absolute atomic E-state index is 7.48. The van der Waals surface area contributed by atoms with Gasteiger partial charge in [-0.3, -0.25) is 4.99 Å². The molecule has 78 valence electrons. The molecular formula is C11H12N2O2. The molecule has 0 bridgehead atoms. The Morgan fingerprint density at radius 2 is 2.47 bits per heavy atom. The summed E-state index contributed by atoms with van der Waals surface area (Å²) in [6, 6.07) is 5.54. The molecule has 0 saturated heterocycles. The highest BCUT2D eigenvalue weighted by Gasteiger charge is 2.26. The van der Waals surface area contributed by atoms with Crippen molar-refractivity contribution in [1.29, 1.82) is 0 Å². The highest BCUT2D eigenvalue weighted by atomic mass is 16.6. The first-order valence-corrected chi connectivity index (χ1v) is 5.01. The smallest absolute Gasteiger partial charge is 0.189 e. The van der Waals surface area contributed by atoms with Gasteiger partial charge in [-0.25, -0.2) is 0 Å². The Balaban J connectivity index is 1.83. The van der Waals surface area contributed by atoms with E-state index in [9.17, 15) is 0 Å². The van der Waals surface area contributed by atoms with Crippen molar-refractivity contribution >= 4 is 5.84 Å². The first-order valence-electron chi connectivity index (χ1n) is 5.51. The number of aliphatic imine (C=N–C) groups is 1. The van der Waals surface area contributed by atoms with Gasteiger partial charge in [0.05, 0.1) is 7.92 Å². The number of amidine groups is 1. The zero-order chi connectivity index (χ0) is 11.0. The average molecular weight is 205 g/mol. The van der Waals surface area contributed by atoms with Crippen LogP contribution >= 0.6 is 0 Å². The van der Waals surface area contributed by atoms with Gasteiger partial charge in [0, 0.05) is 6.54 Å². The minimum atomic E-state index is -0.147. The second-order valence-electron chi connectivity index (χ2n) is 3.48. The molecule has 1 atom stereocenters. The Hall–Kier alpha value is -1.71. The Morgan fingerprint density at radius 3 is 3.33 bits per heavy atom. The number of para-hydroxylation sites is 2. The maximum atomic E-state index is 7.48. The minimum Gasteiger partial charge on any atom is -0.485 e. The quantitative estimate of drug-likeness (QED) is 0.738. The van der Waals surface area contributed by atoms with Gasteiger partial charge in [0.2, 0.25) is 0 Å². The van der Waals surface area contributed by atoms with Gasteiger partial charge in [-0.2, -0.15) is 0 Å². The van der Waals surface area contributed by atoms with Crippen LogP contribution in [0.25, 0.3) is 0 Å². The van der Waals surface area contributed by atoms with Crippen molar-refractivity contribution in [2.24, 2.45) is 4.99 Å². The van der Waals surface area contributed by atoms with E-state index in [-0.39, 0.29) is 6.10 Å². The summed E-state index contributed by atoms with van der Waals surface area (Å²) in [6.45, 7) is 2.11. The topological polar surface area (TPSA) is 42.8 Å². The first kappa shape index (κ1) is 7.56. The number of nitrogens with zero attached hydrogens (tertiary/aromatic N) is 1. The van der Waals surface area contributed by atoms with Gasteiger partial charge >= 0.3 is 0 Å². The van der Waals surface area contributed by atoms with Gasteiger partial charge in [0.15, 0.2) is 17.6 Å². The number of hydrogen-bond donors (Lipinski definition) is 1. The van der Waals surface area contributed by atoms with E-state index < -0.39 is 0 Å². The standard InChI is InChI=1S/C11H12N2O2/c1-2-4-9-8(3-1)14-7-10(15-9)11-12-5-6-13-11/h1-4,10H,5-7H2,(H,12,13)/t10-/m0/s1/i1D. The van der Waals surface area contributed by atoms with E-state index in [4.69, 9.17) is 10.8 Å². The van der Waals surface area contributed by atoms with Crippen LogP contribution in [0.5, 0.6) is 11.5 Å². The first-order chi connectivity index (χ1) is 7.83. The Bertz CT molecular complexity index is 448. The van der Waals surface area contributed by atoms with Crippen molar-refractivity contribution in [2.75, 3.05) is 19.7 Å². The van der Waals surface area contributed by atoms with Gasteiger partial charge in [-0.05, 0) is 12.1 Å². The third-order valence-corrected chi connectivity index (χ3v) is 2.45. The molecule has 2 aliphatic rings. The van der Waals surface area contributed by atoms with Crippen LogP contribution in [0.3, 0.4) is 0 Å². The van der Waals surface area contributed by atoms with Crippen LogP contribution in [0.4, 0.5) is 0 Å². The summed E-state index contributed by atoms with van der Waals surface area (Å²) in [6.07, 6.45) is -0.147. The molecule has 0 amide bonds. The molecule has 1 N–H and O–H groups in total. The molecule has 0 fully saturated rings. The fourth-order valence-electron chi connectivity index (χ4n) is 1.73. The molecule has 3 rings (SSSR count). The Morgan fingerprint density at radius 1 is 1.47 bits per heavy atom. The molecule has 0 spiro atoms. The van der Waals surface area contributed by atoms with Crippen LogP contribution in [0.15, 0.2) is 29.2 Å². The van der Waals surface area contributed by atoms with Crippen molar-refractivity contribution in [3.63, 3.8) is 0 Å². The average Bonchev–Trinajstić information content (AvgIpc) is 2.82. The van der Waals surface area contributed by atoms with E-state index in [1.54, 1.807) is 18.2 Å². The monoisotopic (exact) mass is 205 g/mol. The van der Waals surface area contributed by atoms with Crippen LogP contribution in [-0.4, -0.2) is 31.6 Å². The van der Waals surface area contributed by atoms with Crippen LogP contribution in [0, 0.1) is 0 Å². The van der Waals surface area contributed by atoms with Crippen molar-refractivity contribution in [1.82, 2.24) is 5.32 Å². The number of rotatable bonds is 1. The fourth-order valence-corrected chi connectivity index (χ4v) is 1.73. The van der Waals surface area contributed by atoms with E-state index in [0.717, 1.165) is 18.9 Å². The summed E-state index contributed by atoms with van der Waals surface area (Å²) in [5.41, 5.74) is 0. The number of benzene rings is 1. The largest absolute Gasteiger partial charge is 0.485 e. The summed E-state index contributed by atoms with van der Waals surface area (Å²) in [5.74, 6) is 2.19. The number of hydrogen-bond acceptors (Lipinski definition) is 4. The lowest BCUT2D eigenvalue weighted by molar-refractivity contribution is 0.133. The third kappa shape index (κ3) is 1.52. The number of ether oxygens (including phenoxy) is 2. The van der Waals surface area contributed by atoms with Crippen LogP contribution < -0.4 is 14.8 Å². The van der Waals surface area contributed by atoms with Gasteiger partial charge < -0.3 is 14.8 Å². The molecule has 0 unspecified atom stereocenters. The summed E-state index contributed by atoms with van der Waals surface area (Å²) in [5, 5.41) is 3.18. The molecule has 15 heavy (non-hydrogen) atoms.